The van der Waals surface area contributed by atoms with Gasteiger partial charge in [-0.2, -0.15) is 11.3 Å². The molecular weight excluding hydrogens is 216 g/mol. The number of rotatable bonds is 2. The van der Waals surface area contributed by atoms with E-state index >= 15 is 0 Å². The average molecular weight is 225 g/mol. The summed E-state index contributed by atoms with van der Waals surface area (Å²) in [4.78, 5) is 0. The molecule has 1 N–H and O–H groups in total. The molecule has 0 saturated carbocycles. The first-order valence-electron chi connectivity index (χ1n) is 4.23. The van der Waals surface area contributed by atoms with Crippen molar-refractivity contribution in [2.75, 3.05) is 0 Å². The molecule has 14 heavy (non-hydrogen) atoms. The first-order valence-corrected chi connectivity index (χ1v) is 5.55. The molecule has 0 spiro atoms. The lowest BCUT2D eigenvalue weighted by atomic mass is 10.1. The number of hydrogen-bond acceptors (Lipinski definition) is 2. The van der Waals surface area contributed by atoms with Crippen LogP contribution in [0.5, 0.6) is 0 Å². The summed E-state index contributed by atoms with van der Waals surface area (Å²) >= 11 is 7.40. The van der Waals surface area contributed by atoms with Gasteiger partial charge in [-0.15, -0.1) is 0 Å². The van der Waals surface area contributed by atoms with E-state index < -0.39 is 0 Å². The topological polar surface area (TPSA) is 20.2 Å². The molecule has 0 saturated heterocycles. The van der Waals surface area contributed by atoms with Crippen molar-refractivity contribution in [2.24, 2.45) is 0 Å². The quantitative estimate of drug-likeness (QED) is 0.827. The van der Waals surface area contributed by atoms with Gasteiger partial charge in [0.05, 0.1) is 6.61 Å². The molecular formula is C11H9ClOS. The van der Waals surface area contributed by atoms with Gasteiger partial charge >= 0.3 is 0 Å². The largest absolute Gasteiger partial charge is 0.392 e. The molecule has 3 heteroatoms. The minimum atomic E-state index is 0.0848. The van der Waals surface area contributed by atoms with E-state index in [1.54, 1.807) is 11.3 Å². The van der Waals surface area contributed by atoms with Gasteiger partial charge in [-0.1, -0.05) is 23.7 Å². The van der Waals surface area contributed by atoms with Crippen LogP contribution >= 0.6 is 22.9 Å². The first kappa shape index (κ1) is 9.71. The van der Waals surface area contributed by atoms with Crippen molar-refractivity contribution in [1.82, 2.24) is 0 Å². The van der Waals surface area contributed by atoms with Gasteiger partial charge in [0.15, 0.2) is 0 Å². The van der Waals surface area contributed by atoms with E-state index in [9.17, 15) is 0 Å². The van der Waals surface area contributed by atoms with Crippen molar-refractivity contribution in [1.29, 1.82) is 0 Å². The van der Waals surface area contributed by atoms with Gasteiger partial charge in [-0.3, -0.25) is 0 Å². The fourth-order valence-electron chi connectivity index (χ4n) is 1.33. The van der Waals surface area contributed by atoms with Gasteiger partial charge in [0.2, 0.25) is 0 Å². The van der Waals surface area contributed by atoms with Crippen LogP contribution in [0.3, 0.4) is 0 Å². The van der Waals surface area contributed by atoms with E-state index in [1.807, 2.05) is 35.0 Å². The second kappa shape index (κ2) is 4.13. The van der Waals surface area contributed by atoms with E-state index in [-0.39, 0.29) is 6.61 Å². The highest BCUT2D eigenvalue weighted by atomic mass is 35.5. The van der Waals surface area contributed by atoms with Crippen molar-refractivity contribution in [3.63, 3.8) is 0 Å². The molecule has 2 rings (SSSR count). The molecule has 0 bridgehead atoms. The van der Waals surface area contributed by atoms with Crippen LogP contribution in [0.15, 0.2) is 35.0 Å². The molecule has 1 heterocycles. The Balaban J connectivity index is 2.44. The number of aliphatic hydroxyl groups is 1. The van der Waals surface area contributed by atoms with Crippen LogP contribution in [-0.4, -0.2) is 5.11 Å². The van der Waals surface area contributed by atoms with Crippen molar-refractivity contribution in [3.05, 3.63) is 45.6 Å². The zero-order valence-electron chi connectivity index (χ0n) is 7.40. The second-order valence-corrected chi connectivity index (χ2v) is 4.16. The SMILES string of the molecule is OCc1cscc1-c1ccc(Cl)cc1. The Bertz CT molecular complexity index is 419. The molecule has 0 aliphatic rings. The fraction of sp³-hybridized carbons (Fsp3) is 0.0909. The van der Waals surface area contributed by atoms with Crippen LogP contribution in [0.2, 0.25) is 5.02 Å². The summed E-state index contributed by atoms with van der Waals surface area (Å²) in [6, 6.07) is 7.64. The van der Waals surface area contributed by atoms with Crippen molar-refractivity contribution in [3.8, 4) is 11.1 Å². The highest BCUT2D eigenvalue weighted by molar-refractivity contribution is 7.08. The molecule has 1 nitrogen and oxygen atoms in total. The Hall–Kier alpha value is -0.830. The van der Waals surface area contributed by atoms with Crippen LogP contribution in [0.4, 0.5) is 0 Å². The number of hydrogen-bond donors (Lipinski definition) is 1. The number of benzene rings is 1. The molecule has 1 aromatic carbocycles. The molecule has 0 unspecified atom stereocenters. The third-order valence-corrected chi connectivity index (χ3v) is 3.11. The lowest BCUT2D eigenvalue weighted by Gasteiger charge is -2.01. The zero-order chi connectivity index (χ0) is 9.97. The first-order chi connectivity index (χ1) is 6.81. The summed E-state index contributed by atoms with van der Waals surface area (Å²) in [7, 11) is 0. The Kier molecular flexibility index (Phi) is 2.87. The third-order valence-electron chi connectivity index (χ3n) is 2.07. The lowest BCUT2D eigenvalue weighted by Crippen LogP contribution is -1.83. The maximum Gasteiger partial charge on any atom is 0.0696 e. The summed E-state index contributed by atoms with van der Waals surface area (Å²) in [5.74, 6) is 0. The predicted octanol–water partition coefficient (Wildman–Crippen LogP) is 3.56. The Morgan fingerprint density at radius 2 is 1.86 bits per heavy atom. The van der Waals surface area contributed by atoms with Gasteiger partial charge in [0.1, 0.15) is 0 Å². The maximum absolute atomic E-state index is 9.10. The highest BCUT2D eigenvalue weighted by Gasteiger charge is 2.04. The highest BCUT2D eigenvalue weighted by Crippen LogP contribution is 2.28. The van der Waals surface area contributed by atoms with Crippen LogP contribution in [-0.2, 0) is 6.61 Å². The molecule has 1 aromatic heterocycles. The Morgan fingerprint density at radius 1 is 1.14 bits per heavy atom. The molecule has 0 aliphatic heterocycles. The van der Waals surface area contributed by atoms with Gasteiger partial charge in [-0.05, 0) is 39.6 Å². The Labute approximate surface area is 91.6 Å². The van der Waals surface area contributed by atoms with Crippen molar-refractivity contribution >= 4 is 22.9 Å². The smallest absolute Gasteiger partial charge is 0.0696 e. The van der Waals surface area contributed by atoms with Crippen LogP contribution < -0.4 is 0 Å². The van der Waals surface area contributed by atoms with Gasteiger partial charge in [-0.25, -0.2) is 0 Å². The van der Waals surface area contributed by atoms with Gasteiger partial charge in [0.25, 0.3) is 0 Å². The lowest BCUT2D eigenvalue weighted by molar-refractivity contribution is 0.283. The van der Waals surface area contributed by atoms with Crippen molar-refractivity contribution < 1.29 is 5.11 Å². The number of thiophene rings is 1. The van der Waals surface area contributed by atoms with E-state index in [4.69, 9.17) is 16.7 Å². The summed E-state index contributed by atoms with van der Waals surface area (Å²) in [5, 5.41) is 13.8. The monoisotopic (exact) mass is 224 g/mol. The van der Waals surface area contributed by atoms with E-state index in [0.29, 0.717) is 0 Å². The van der Waals surface area contributed by atoms with Crippen LogP contribution in [0, 0.1) is 0 Å². The van der Waals surface area contributed by atoms with E-state index in [0.717, 1.165) is 21.7 Å². The van der Waals surface area contributed by atoms with Crippen LogP contribution in [0.25, 0.3) is 11.1 Å². The zero-order valence-corrected chi connectivity index (χ0v) is 8.98. The minimum absolute atomic E-state index is 0.0848. The summed E-state index contributed by atoms with van der Waals surface area (Å²) < 4.78 is 0. The maximum atomic E-state index is 9.10. The molecule has 0 fully saturated rings. The summed E-state index contributed by atoms with van der Waals surface area (Å²) in [6.07, 6.45) is 0. The normalized spacial score (nSPS) is 10.4. The molecule has 0 radical (unpaired) electrons. The second-order valence-electron chi connectivity index (χ2n) is 2.98. The molecule has 72 valence electrons. The standard InChI is InChI=1S/C11H9ClOS/c12-10-3-1-8(2-4-10)11-7-14-6-9(11)5-13/h1-4,6-7,13H,5H2. The van der Waals surface area contributed by atoms with E-state index in [2.05, 4.69) is 0 Å². The summed E-state index contributed by atoms with van der Waals surface area (Å²) in [5.41, 5.74) is 3.16. The molecule has 0 aliphatic carbocycles. The number of aliphatic hydroxyl groups excluding tert-OH is 1. The van der Waals surface area contributed by atoms with Crippen LogP contribution in [0.1, 0.15) is 5.56 Å². The third kappa shape index (κ3) is 1.82. The molecule has 2 aromatic rings. The van der Waals surface area contributed by atoms with E-state index in [1.165, 1.54) is 0 Å². The summed E-state index contributed by atoms with van der Waals surface area (Å²) in [6.45, 7) is 0.0848. The molecule has 0 atom stereocenters. The Morgan fingerprint density at radius 3 is 2.50 bits per heavy atom. The van der Waals surface area contributed by atoms with Gasteiger partial charge < -0.3 is 5.11 Å². The fourth-order valence-corrected chi connectivity index (χ4v) is 2.31. The van der Waals surface area contributed by atoms with Crippen molar-refractivity contribution in [2.45, 2.75) is 6.61 Å². The number of halogens is 1. The molecule has 0 amide bonds. The minimum Gasteiger partial charge on any atom is -0.392 e. The average Bonchev–Trinajstić information content (AvgIpc) is 2.67. The van der Waals surface area contributed by atoms with Gasteiger partial charge in [0, 0.05) is 5.02 Å². The predicted molar refractivity (Wildman–Crippen MR) is 60.7 cm³/mol.